The predicted octanol–water partition coefficient (Wildman–Crippen LogP) is 2.71. The molecule has 2 aliphatic rings. The number of carbonyl (C=O) groups is 1. The lowest BCUT2D eigenvalue weighted by atomic mass is 10.0. The minimum atomic E-state index is -0.142. The van der Waals surface area contributed by atoms with Crippen LogP contribution in [0.25, 0.3) is 22.0 Å². The molecule has 162 valence electrons. The van der Waals surface area contributed by atoms with Crippen molar-refractivity contribution in [3.05, 3.63) is 36.2 Å². The minimum absolute atomic E-state index is 0.0432. The van der Waals surface area contributed by atoms with Crippen LogP contribution in [0, 0.1) is 0 Å². The summed E-state index contributed by atoms with van der Waals surface area (Å²) in [6, 6.07) is 7.94. The van der Waals surface area contributed by atoms with Gasteiger partial charge in [0.05, 0.1) is 23.4 Å². The van der Waals surface area contributed by atoms with Gasteiger partial charge in [0.2, 0.25) is 5.91 Å². The topological polar surface area (TPSA) is 88.0 Å². The van der Waals surface area contributed by atoms with Crippen molar-refractivity contribution in [3.63, 3.8) is 0 Å². The summed E-state index contributed by atoms with van der Waals surface area (Å²) in [5.74, 6) is 0.446. The van der Waals surface area contributed by atoms with Crippen molar-refractivity contribution in [2.75, 3.05) is 25.0 Å². The molecule has 0 spiro atoms. The Hall–Kier alpha value is -2.84. The van der Waals surface area contributed by atoms with Crippen molar-refractivity contribution in [2.24, 2.45) is 7.05 Å². The quantitative estimate of drug-likeness (QED) is 0.661. The number of benzene rings is 1. The lowest BCUT2D eigenvalue weighted by Gasteiger charge is -2.26. The maximum Gasteiger partial charge on any atom is 0.242 e. The lowest BCUT2D eigenvalue weighted by Crippen LogP contribution is -2.35. The second-order valence-corrected chi connectivity index (χ2v) is 8.61. The molecule has 2 fully saturated rings. The maximum atomic E-state index is 12.4. The summed E-state index contributed by atoms with van der Waals surface area (Å²) in [6.45, 7) is 4.09. The van der Waals surface area contributed by atoms with Crippen LogP contribution >= 0.6 is 0 Å². The van der Waals surface area contributed by atoms with E-state index in [9.17, 15) is 4.79 Å². The largest absolute Gasteiger partial charge is 0.308 e. The van der Waals surface area contributed by atoms with E-state index in [-0.39, 0.29) is 11.9 Å². The summed E-state index contributed by atoms with van der Waals surface area (Å²) >= 11 is 0. The van der Waals surface area contributed by atoms with Gasteiger partial charge in [-0.2, -0.15) is 5.10 Å². The molecule has 2 aliphatic heterocycles. The van der Waals surface area contributed by atoms with Crippen molar-refractivity contribution < 1.29 is 4.79 Å². The van der Waals surface area contributed by atoms with E-state index in [1.54, 1.807) is 0 Å². The SMILES string of the molecule is Cn1ncc(-c2ccc3nnc(NC(=O)[C@H]4CCCN4)cc3c2)c1CN1CCCCC1. The third-order valence-corrected chi connectivity index (χ3v) is 6.41. The van der Waals surface area contributed by atoms with E-state index in [0.29, 0.717) is 5.82 Å². The molecule has 31 heavy (non-hydrogen) atoms. The van der Waals surface area contributed by atoms with Gasteiger partial charge >= 0.3 is 0 Å². The van der Waals surface area contributed by atoms with Crippen LogP contribution in [0.4, 0.5) is 5.82 Å². The first kappa shape index (κ1) is 20.1. The number of fused-ring (bicyclic) bond motifs is 1. The van der Waals surface area contributed by atoms with Gasteiger partial charge in [-0.15, -0.1) is 10.2 Å². The number of amides is 1. The lowest BCUT2D eigenvalue weighted by molar-refractivity contribution is -0.117. The molecule has 0 aliphatic carbocycles. The molecule has 8 nitrogen and oxygen atoms in total. The monoisotopic (exact) mass is 419 g/mol. The minimum Gasteiger partial charge on any atom is -0.308 e. The van der Waals surface area contributed by atoms with Crippen LogP contribution in [0.5, 0.6) is 0 Å². The first-order valence-electron chi connectivity index (χ1n) is 11.2. The number of aryl methyl sites for hydroxylation is 1. The zero-order chi connectivity index (χ0) is 21.2. The van der Waals surface area contributed by atoms with E-state index in [1.807, 2.05) is 30.1 Å². The molecule has 2 aromatic heterocycles. The highest BCUT2D eigenvalue weighted by molar-refractivity contribution is 5.96. The van der Waals surface area contributed by atoms with Gasteiger partial charge < -0.3 is 10.6 Å². The Bertz CT molecular complexity index is 1080. The Labute approximate surface area is 182 Å². The van der Waals surface area contributed by atoms with Crippen LogP contribution in [-0.4, -0.2) is 56.5 Å². The van der Waals surface area contributed by atoms with Crippen LogP contribution in [-0.2, 0) is 18.4 Å². The summed E-state index contributed by atoms with van der Waals surface area (Å²) < 4.78 is 1.99. The van der Waals surface area contributed by atoms with Gasteiger partial charge in [-0.05, 0) is 69.1 Å². The fraction of sp³-hybridized carbons (Fsp3) is 0.478. The molecule has 1 atom stereocenters. The number of anilines is 1. The van der Waals surface area contributed by atoms with Gasteiger partial charge in [-0.3, -0.25) is 14.4 Å². The molecule has 5 rings (SSSR count). The Morgan fingerprint density at radius 2 is 2.03 bits per heavy atom. The first-order valence-corrected chi connectivity index (χ1v) is 11.2. The maximum absolute atomic E-state index is 12.4. The van der Waals surface area contributed by atoms with Crippen molar-refractivity contribution in [1.29, 1.82) is 0 Å². The molecule has 0 saturated carbocycles. The van der Waals surface area contributed by atoms with E-state index in [4.69, 9.17) is 0 Å². The highest BCUT2D eigenvalue weighted by Crippen LogP contribution is 2.28. The van der Waals surface area contributed by atoms with Crippen LogP contribution < -0.4 is 10.6 Å². The fourth-order valence-electron chi connectivity index (χ4n) is 4.62. The average molecular weight is 420 g/mol. The van der Waals surface area contributed by atoms with Gasteiger partial charge in [-0.25, -0.2) is 0 Å². The van der Waals surface area contributed by atoms with Crippen molar-refractivity contribution in [3.8, 4) is 11.1 Å². The van der Waals surface area contributed by atoms with E-state index in [0.717, 1.165) is 61.1 Å². The second kappa shape index (κ2) is 8.72. The number of hydrogen-bond acceptors (Lipinski definition) is 6. The number of likely N-dealkylation sites (tertiary alicyclic amines) is 1. The Morgan fingerprint density at radius 3 is 2.84 bits per heavy atom. The van der Waals surface area contributed by atoms with E-state index in [2.05, 4.69) is 43.0 Å². The molecule has 2 saturated heterocycles. The first-order chi connectivity index (χ1) is 15.2. The van der Waals surface area contributed by atoms with Crippen molar-refractivity contribution in [1.82, 2.24) is 30.2 Å². The fourth-order valence-corrected chi connectivity index (χ4v) is 4.62. The third kappa shape index (κ3) is 4.31. The van der Waals surface area contributed by atoms with Gasteiger partial charge in [0.1, 0.15) is 0 Å². The number of nitrogens with one attached hydrogen (secondary N) is 2. The molecule has 4 heterocycles. The molecular formula is C23H29N7O. The molecule has 3 aromatic rings. The molecule has 1 amide bonds. The summed E-state index contributed by atoms with van der Waals surface area (Å²) in [5, 5.41) is 20.1. The molecule has 0 radical (unpaired) electrons. The van der Waals surface area contributed by atoms with Crippen LogP contribution in [0.1, 0.15) is 37.8 Å². The summed E-state index contributed by atoms with van der Waals surface area (Å²) in [7, 11) is 2.01. The predicted molar refractivity (Wildman–Crippen MR) is 121 cm³/mol. The van der Waals surface area contributed by atoms with Gasteiger partial charge in [0, 0.05) is 24.5 Å². The molecular weight excluding hydrogens is 390 g/mol. The van der Waals surface area contributed by atoms with E-state index in [1.165, 1.54) is 25.0 Å². The highest BCUT2D eigenvalue weighted by Gasteiger charge is 2.22. The van der Waals surface area contributed by atoms with Crippen molar-refractivity contribution >= 4 is 22.6 Å². The number of carbonyl (C=O) groups excluding carboxylic acids is 1. The second-order valence-electron chi connectivity index (χ2n) is 8.61. The molecule has 0 unspecified atom stereocenters. The van der Waals surface area contributed by atoms with Crippen LogP contribution in [0.2, 0.25) is 0 Å². The van der Waals surface area contributed by atoms with Crippen molar-refractivity contribution in [2.45, 2.75) is 44.7 Å². The summed E-state index contributed by atoms with van der Waals surface area (Å²) in [6.07, 6.45) is 7.70. The zero-order valence-corrected chi connectivity index (χ0v) is 18.0. The molecule has 0 bridgehead atoms. The molecule has 1 aromatic carbocycles. The standard InChI is InChI=1S/C23H29N7O/c1-29-21(15-30-10-3-2-4-11-30)18(14-25-29)16-7-8-19-17(12-16)13-22(28-27-19)26-23(31)20-6-5-9-24-20/h7-8,12-14,20,24H,2-6,9-11,15H2,1H3,(H,26,28,31)/t20-/m1/s1. The smallest absolute Gasteiger partial charge is 0.242 e. The van der Waals surface area contributed by atoms with Gasteiger partial charge in [0.15, 0.2) is 5.82 Å². The summed E-state index contributed by atoms with van der Waals surface area (Å²) in [5.41, 5.74) is 4.29. The molecule has 8 heteroatoms. The Balaban J connectivity index is 1.41. The Morgan fingerprint density at radius 1 is 1.16 bits per heavy atom. The zero-order valence-electron chi connectivity index (χ0n) is 18.0. The average Bonchev–Trinajstić information content (AvgIpc) is 3.45. The van der Waals surface area contributed by atoms with Crippen LogP contribution in [0.3, 0.4) is 0 Å². The third-order valence-electron chi connectivity index (χ3n) is 6.41. The van der Waals surface area contributed by atoms with Crippen LogP contribution in [0.15, 0.2) is 30.5 Å². The van der Waals surface area contributed by atoms with E-state index >= 15 is 0 Å². The van der Waals surface area contributed by atoms with Gasteiger partial charge in [-0.1, -0.05) is 12.5 Å². The number of aromatic nitrogens is 4. The number of piperidine rings is 1. The summed E-state index contributed by atoms with van der Waals surface area (Å²) in [4.78, 5) is 14.9. The number of hydrogen-bond donors (Lipinski definition) is 2. The Kier molecular flexibility index (Phi) is 5.65. The molecule has 2 N–H and O–H groups in total. The van der Waals surface area contributed by atoms with Gasteiger partial charge in [0.25, 0.3) is 0 Å². The number of rotatable bonds is 5. The normalized spacial score (nSPS) is 19.7. The van der Waals surface area contributed by atoms with E-state index < -0.39 is 0 Å². The number of nitrogens with zero attached hydrogens (tertiary/aromatic N) is 5. The highest BCUT2D eigenvalue weighted by atomic mass is 16.2.